The molecule has 0 fully saturated rings. The van der Waals surface area contributed by atoms with Gasteiger partial charge in [0.25, 0.3) is 0 Å². The first-order chi connectivity index (χ1) is 6.72. The molecule has 2 N–H and O–H groups in total. The molecule has 14 heavy (non-hydrogen) atoms. The molecule has 78 valence electrons. The predicted molar refractivity (Wildman–Crippen MR) is 52.6 cm³/mol. The molecule has 0 spiro atoms. The Kier molecular flexibility index (Phi) is 3.64. The Morgan fingerprint density at radius 3 is 2.00 bits per heavy atom. The van der Waals surface area contributed by atoms with Crippen LogP contribution in [0.4, 0.5) is 0 Å². The van der Waals surface area contributed by atoms with Crippen LogP contribution in [-0.4, -0.2) is 30.7 Å². The molecule has 0 aromatic carbocycles. The van der Waals surface area contributed by atoms with Crippen LogP contribution in [0.5, 0.6) is 11.8 Å². The zero-order valence-corrected chi connectivity index (χ0v) is 8.70. The molecule has 5 nitrogen and oxygen atoms in total. The van der Waals surface area contributed by atoms with Crippen molar-refractivity contribution in [2.75, 3.05) is 20.8 Å². The second-order valence-electron chi connectivity index (χ2n) is 2.82. The van der Waals surface area contributed by atoms with Crippen molar-refractivity contribution >= 4 is 0 Å². The summed E-state index contributed by atoms with van der Waals surface area (Å²) in [6.45, 7) is 2.36. The van der Waals surface area contributed by atoms with Gasteiger partial charge in [-0.25, -0.2) is 0 Å². The number of nitrogens with zero attached hydrogens (tertiary/aromatic N) is 2. The van der Waals surface area contributed by atoms with Gasteiger partial charge >= 0.3 is 0 Å². The minimum Gasteiger partial charge on any atom is -0.481 e. The molecule has 0 aliphatic rings. The number of aromatic nitrogens is 2. The van der Waals surface area contributed by atoms with Gasteiger partial charge in [0.1, 0.15) is 5.82 Å². The van der Waals surface area contributed by atoms with Gasteiger partial charge in [0.15, 0.2) is 0 Å². The monoisotopic (exact) mass is 197 g/mol. The van der Waals surface area contributed by atoms with E-state index in [0.29, 0.717) is 30.5 Å². The number of hydrogen-bond acceptors (Lipinski definition) is 5. The van der Waals surface area contributed by atoms with Gasteiger partial charge in [0.2, 0.25) is 11.8 Å². The summed E-state index contributed by atoms with van der Waals surface area (Å²) in [5, 5.41) is 0. The number of hydrogen-bond donors (Lipinski definition) is 1. The zero-order chi connectivity index (χ0) is 10.6. The Balaban J connectivity index is 3.11. The van der Waals surface area contributed by atoms with Crippen molar-refractivity contribution in [3.63, 3.8) is 0 Å². The Labute approximate surface area is 83.3 Å². The van der Waals surface area contributed by atoms with Crippen LogP contribution in [0.25, 0.3) is 0 Å². The molecule has 1 aromatic heterocycles. The van der Waals surface area contributed by atoms with Crippen LogP contribution in [-0.2, 0) is 6.42 Å². The van der Waals surface area contributed by atoms with E-state index in [2.05, 4.69) is 9.97 Å². The number of rotatable bonds is 4. The molecule has 0 radical (unpaired) electrons. The summed E-state index contributed by atoms with van der Waals surface area (Å²) in [7, 11) is 3.14. The molecular formula is C9H15N3O2. The molecule has 0 atom stereocenters. The van der Waals surface area contributed by atoms with Crippen molar-refractivity contribution in [1.82, 2.24) is 9.97 Å². The van der Waals surface area contributed by atoms with E-state index in [0.717, 1.165) is 5.56 Å². The van der Waals surface area contributed by atoms with Crippen molar-refractivity contribution in [3.8, 4) is 11.8 Å². The van der Waals surface area contributed by atoms with E-state index in [4.69, 9.17) is 15.2 Å². The molecule has 0 saturated heterocycles. The van der Waals surface area contributed by atoms with Crippen LogP contribution in [0.1, 0.15) is 11.4 Å². The Morgan fingerprint density at radius 2 is 1.64 bits per heavy atom. The van der Waals surface area contributed by atoms with Crippen LogP contribution in [0.2, 0.25) is 0 Å². The van der Waals surface area contributed by atoms with Gasteiger partial charge in [-0.15, -0.1) is 0 Å². The number of nitrogens with two attached hydrogens (primary N) is 1. The second kappa shape index (κ2) is 4.76. The zero-order valence-electron chi connectivity index (χ0n) is 8.70. The molecule has 5 heteroatoms. The first-order valence-electron chi connectivity index (χ1n) is 4.38. The fourth-order valence-corrected chi connectivity index (χ4v) is 1.16. The highest BCUT2D eigenvalue weighted by molar-refractivity contribution is 5.34. The van der Waals surface area contributed by atoms with E-state index in [1.807, 2.05) is 6.92 Å². The molecule has 0 aliphatic carbocycles. The Bertz CT molecular complexity index is 290. The largest absolute Gasteiger partial charge is 0.481 e. The Morgan fingerprint density at radius 1 is 1.14 bits per heavy atom. The summed E-state index contributed by atoms with van der Waals surface area (Å²) in [5.74, 6) is 1.73. The van der Waals surface area contributed by atoms with Gasteiger partial charge in [0.05, 0.1) is 19.8 Å². The maximum atomic E-state index is 5.42. The van der Waals surface area contributed by atoms with Gasteiger partial charge in [0, 0.05) is 6.42 Å². The first kappa shape index (κ1) is 10.7. The molecule has 0 saturated carbocycles. The smallest absolute Gasteiger partial charge is 0.223 e. The van der Waals surface area contributed by atoms with Gasteiger partial charge in [-0.1, -0.05) is 0 Å². The Hall–Kier alpha value is -1.36. The number of ether oxygens (including phenoxy) is 2. The van der Waals surface area contributed by atoms with Crippen LogP contribution < -0.4 is 15.2 Å². The minimum absolute atomic E-state index is 0.509. The molecule has 1 aromatic rings. The molecule has 0 amide bonds. The summed E-state index contributed by atoms with van der Waals surface area (Å²) < 4.78 is 10.2. The van der Waals surface area contributed by atoms with Gasteiger partial charge < -0.3 is 15.2 Å². The summed E-state index contributed by atoms with van der Waals surface area (Å²) >= 11 is 0. The normalized spacial score (nSPS) is 10.0. The van der Waals surface area contributed by atoms with Crippen LogP contribution in [0, 0.1) is 6.92 Å². The predicted octanol–water partition coefficient (Wildman–Crippen LogP) is 0.303. The standard InChI is InChI=1S/C9H15N3O2/c1-6-8(13-2)11-7(4-5-10)12-9(6)14-3/h4-5,10H2,1-3H3. The third kappa shape index (κ3) is 2.11. The van der Waals surface area contributed by atoms with E-state index in [-0.39, 0.29) is 0 Å². The maximum absolute atomic E-state index is 5.42. The average molecular weight is 197 g/mol. The van der Waals surface area contributed by atoms with E-state index >= 15 is 0 Å². The van der Waals surface area contributed by atoms with E-state index in [1.54, 1.807) is 14.2 Å². The SMILES string of the molecule is COc1nc(CCN)nc(OC)c1C. The fraction of sp³-hybridized carbons (Fsp3) is 0.556. The lowest BCUT2D eigenvalue weighted by atomic mass is 10.3. The highest BCUT2D eigenvalue weighted by atomic mass is 16.5. The van der Waals surface area contributed by atoms with Crippen molar-refractivity contribution in [1.29, 1.82) is 0 Å². The summed E-state index contributed by atoms with van der Waals surface area (Å²) in [5.41, 5.74) is 6.22. The van der Waals surface area contributed by atoms with E-state index < -0.39 is 0 Å². The third-order valence-electron chi connectivity index (χ3n) is 1.86. The minimum atomic E-state index is 0.509. The van der Waals surface area contributed by atoms with Crippen molar-refractivity contribution < 1.29 is 9.47 Å². The molecular weight excluding hydrogens is 182 g/mol. The maximum Gasteiger partial charge on any atom is 0.223 e. The van der Waals surface area contributed by atoms with Crippen LogP contribution in [0.15, 0.2) is 0 Å². The van der Waals surface area contributed by atoms with E-state index in [9.17, 15) is 0 Å². The lowest BCUT2D eigenvalue weighted by Gasteiger charge is -2.09. The first-order valence-corrected chi connectivity index (χ1v) is 4.38. The molecule has 1 heterocycles. The summed E-state index contributed by atoms with van der Waals surface area (Å²) in [4.78, 5) is 8.39. The lowest BCUT2D eigenvalue weighted by molar-refractivity contribution is 0.362. The highest BCUT2D eigenvalue weighted by Crippen LogP contribution is 2.23. The summed E-state index contributed by atoms with van der Waals surface area (Å²) in [6, 6.07) is 0. The van der Waals surface area contributed by atoms with Crippen LogP contribution in [0.3, 0.4) is 0 Å². The van der Waals surface area contributed by atoms with E-state index in [1.165, 1.54) is 0 Å². The van der Waals surface area contributed by atoms with Crippen molar-refractivity contribution in [2.24, 2.45) is 5.73 Å². The lowest BCUT2D eigenvalue weighted by Crippen LogP contribution is -2.09. The topological polar surface area (TPSA) is 70.3 Å². The van der Waals surface area contributed by atoms with Gasteiger partial charge in [-0.2, -0.15) is 9.97 Å². The van der Waals surface area contributed by atoms with Crippen molar-refractivity contribution in [2.45, 2.75) is 13.3 Å². The fourth-order valence-electron chi connectivity index (χ4n) is 1.16. The second-order valence-corrected chi connectivity index (χ2v) is 2.82. The van der Waals surface area contributed by atoms with Crippen LogP contribution >= 0.6 is 0 Å². The number of methoxy groups -OCH3 is 2. The third-order valence-corrected chi connectivity index (χ3v) is 1.86. The average Bonchev–Trinajstić information content (AvgIpc) is 2.20. The van der Waals surface area contributed by atoms with Crippen molar-refractivity contribution in [3.05, 3.63) is 11.4 Å². The highest BCUT2D eigenvalue weighted by Gasteiger charge is 2.10. The molecule has 1 rings (SSSR count). The molecule has 0 aliphatic heterocycles. The van der Waals surface area contributed by atoms with Gasteiger partial charge in [-0.05, 0) is 13.5 Å². The molecule has 0 bridgehead atoms. The van der Waals surface area contributed by atoms with Gasteiger partial charge in [-0.3, -0.25) is 0 Å². The quantitative estimate of drug-likeness (QED) is 0.752. The molecule has 0 unspecified atom stereocenters. The summed E-state index contributed by atoms with van der Waals surface area (Å²) in [6.07, 6.45) is 0.618.